The van der Waals surface area contributed by atoms with Crippen molar-refractivity contribution in [1.29, 1.82) is 0 Å². The van der Waals surface area contributed by atoms with Crippen LogP contribution in [0.4, 0.5) is 5.69 Å². The fourth-order valence-corrected chi connectivity index (χ4v) is 6.29. The lowest BCUT2D eigenvalue weighted by molar-refractivity contribution is 0.0463. The Balaban J connectivity index is 1.58. The number of aryl methyl sites for hydroxylation is 3. The largest absolute Gasteiger partial charge is 0.454 e. The van der Waals surface area contributed by atoms with E-state index in [4.69, 9.17) is 4.74 Å². The van der Waals surface area contributed by atoms with Crippen LogP contribution in [0.15, 0.2) is 52.2 Å². The van der Waals surface area contributed by atoms with Crippen LogP contribution in [0.2, 0.25) is 0 Å². The summed E-state index contributed by atoms with van der Waals surface area (Å²) in [6.07, 6.45) is 0. The van der Waals surface area contributed by atoms with Gasteiger partial charge in [0.25, 0.3) is 15.6 Å². The Morgan fingerprint density at radius 3 is 2.51 bits per heavy atom. The van der Waals surface area contributed by atoms with Crippen LogP contribution in [0.1, 0.15) is 58.5 Å². The zero-order valence-electron chi connectivity index (χ0n) is 21.6. The molecule has 0 aliphatic heterocycles. The standard InChI is InChI=1S/C27H29N3O5S2/c1-15-11-12-18(27(4,5)6)13-21(15)37(33,34)30-20-10-8-7-9-19(20)26(32)35-14-22-28-24(31)23-16(2)17(3)36-25(23)29-22/h7-13,30H,14H2,1-6H3,(H,28,29,31). The Kier molecular flexibility index (Phi) is 7.00. The predicted octanol–water partition coefficient (Wildman–Crippen LogP) is 5.37. The number of nitrogens with zero attached hydrogens (tertiary/aromatic N) is 1. The highest BCUT2D eigenvalue weighted by atomic mass is 32.2. The number of thiophene rings is 1. The summed E-state index contributed by atoms with van der Waals surface area (Å²) in [6.45, 7) is 11.3. The summed E-state index contributed by atoms with van der Waals surface area (Å²) >= 11 is 1.40. The first-order valence-corrected chi connectivity index (χ1v) is 14.0. The van der Waals surface area contributed by atoms with E-state index in [-0.39, 0.29) is 39.6 Å². The van der Waals surface area contributed by atoms with Crippen molar-refractivity contribution >= 4 is 43.2 Å². The zero-order chi connectivity index (χ0) is 27.1. The number of anilines is 1. The first-order valence-electron chi connectivity index (χ1n) is 11.7. The number of hydrogen-bond donors (Lipinski definition) is 2. The molecular formula is C27H29N3O5S2. The number of aromatic amines is 1. The molecule has 4 rings (SSSR count). The highest BCUT2D eigenvalue weighted by Gasteiger charge is 2.24. The van der Waals surface area contributed by atoms with Crippen molar-refractivity contribution < 1.29 is 17.9 Å². The minimum absolute atomic E-state index is 0.0435. The molecule has 10 heteroatoms. The number of para-hydroxylation sites is 1. The van der Waals surface area contributed by atoms with Crippen molar-refractivity contribution in [2.24, 2.45) is 0 Å². The van der Waals surface area contributed by atoms with Gasteiger partial charge in [-0.1, -0.05) is 45.0 Å². The Morgan fingerprint density at radius 1 is 1.11 bits per heavy atom. The normalized spacial score (nSPS) is 12.1. The molecule has 0 spiro atoms. The lowest BCUT2D eigenvalue weighted by atomic mass is 9.87. The number of carbonyl (C=O) groups excluding carboxylic acids is 1. The molecule has 0 atom stereocenters. The van der Waals surface area contributed by atoms with Gasteiger partial charge in [0, 0.05) is 4.88 Å². The third kappa shape index (κ3) is 5.45. The third-order valence-corrected chi connectivity index (χ3v) is 8.77. The van der Waals surface area contributed by atoms with E-state index >= 15 is 0 Å². The number of fused-ring (bicyclic) bond motifs is 1. The summed E-state index contributed by atoms with van der Waals surface area (Å²) in [5, 5.41) is 0.531. The molecule has 8 nitrogen and oxygen atoms in total. The monoisotopic (exact) mass is 539 g/mol. The van der Waals surface area contributed by atoms with Crippen LogP contribution in [0, 0.1) is 20.8 Å². The topological polar surface area (TPSA) is 118 Å². The van der Waals surface area contributed by atoms with Gasteiger partial charge in [0.1, 0.15) is 17.3 Å². The highest BCUT2D eigenvalue weighted by Crippen LogP contribution is 2.29. The van der Waals surface area contributed by atoms with E-state index in [1.54, 1.807) is 31.2 Å². The predicted molar refractivity (Wildman–Crippen MR) is 146 cm³/mol. The van der Waals surface area contributed by atoms with Crippen molar-refractivity contribution in [3.63, 3.8) is 0 Å². The molecule has 0 fully saturated rings. The average molecular weight is 540 g/mol. The van der Waals surface area contributed by atoms with Gasteiger partial charge < -0.3 is 9.72 Å². The highest BCUT2D eigenvalue weighted by molar-refractivity contribution is 7.92. The Labute approximate surface area is 219 Å². The fourth-order valence-electron chi connectivity index (χ4n) is 3.89. The Bertz CT molecular complexity index is 1680. The molecule has 4 aromatic rings. The number of rotatable bonds is 6. The maximum absolute atomic E-state index is 13.3. The van der Waals surface area contributed by atoms with Gasteiger partial charge in [-0.3, -0.25) is 9.52 Å². The molecule has 0 unspecified atom stereocenters. The van der Waals surface area contributed by atoms with Gasteiger partial charge in [0.05, 0.1) is 21.5 Å². The molecular weight excluding hydrogens is 510 g/mol. The lowest BCUT2D eigenvalue weighted by Gasteiger charge is -2.21. The Morgan fingerprint density at radius 2 is 1.81 bits per heavy atom. The number of aromatic nitrogens is 2. The second-order valence-electron chi connectivity index (χ2n) is 9.93. The number of sulfonamides is 1. The van der Waals surface area contributed by atoms with Crippen LogP contribution in [-0.2, 0) is 26.8 Å². The first kappa shape index (κ1) is 26.6. The van der Waals surface area contributed by atoms with Crippen LogP contribution in [0.25, 0.3) is 10.2 Å². The molecule has 0 saturated heterocycles. The van der Waals surface area contributed by atoms with Crippen LogP contribution >= 0.6 is 11.3 Å². The number of H-pyrrole nitrogens is 1. The molecule has 2 N–H and O–H groups in total. The SMILES string of the molecule is Cc1ccc(C(C)(C)C)cc1S(=O)(=O)Nc1ccccc1C(=O)OCc1nc2sc(C)c(C)c2c(=O)[nH]1. The summed E-state index contributed by atoms with van der Waals surface area (Å²) in [6, 6.07) is 11.6. The molecule has 37 heavy (non-hydrogen) atoms. The summed E-state index contributed by atoms with van der Waals surface area (Å²) in [5.41, 5.74) is 1.95. The molecule has 2 heterocycles. The van der Waals surface area contributed by atoms with Crippen molar-refractivity contribution in [3.8, 4) is 0 Å². The lowest BCUT2D eigenvalue weighted by Crippen LogP contribution is -2.19. The van der Waals surface area contributed by atoms with Crippen LogP contribution < -0.4 is 10.3 Å². The first-order chi connectivity index (χ1) is 17.3. The maximum Gasteiger partial charge on any atom is 0.340 e. The molecule has 194 valence electrons. The van der Waals surface area contributed by atoms with Crippen molar-refractivity contribution in [1.82, 2.24) is 9.97 Å². The number of ether oxygens (including phenoxy) is 1. The van der Waals surface area contributed by atoms with Crippen LogP contribution in [-0.4, -0.2) is 24.4 Å². The van der Waals surface area contributed by atoms with Crippen molar-refractivity contribution in [2.75, 3.05) is 4.72 Å². The zero-order valence-corrected chi connectivity index (χ0v) is 23.2. The average Bonchev–Trinajstić information content (AvgIpc) is 3.10. The molecule has 0 aliphatic rings. The van der Waals surface area contributed by atoms with Gasteiger partial charge in [-0.05, 0) is 61.1 Å². The Hall–Kier alpha value is -3.50. The van der Waals surface area contributed by atoms with Crippen LogP contribution in [0.3, 0.4) is 0 Å². The van der Waals surface area contributed by atoms with E-state index in [0.717, 1.165) is 16.0 Å². The minimum Gasteiger partial charge on any atom is -0.454 e. The molecule has 2 aromatic heterocycles. The van der Waals surface area contributed by atoms with Gasteiger partial charge >= 0.3 is 5.97 Å². The minimum atomic E-state index is -4.00. The van der Waals surface area contributed by atoms with E-state index in [1.165, 1.54) is 23.5 Å². The molecule has 0 saturated carbocycles. The van der Waals surface area contributed by atoms with E-state index in [1.807, 2.05) is 40.7 Å². The van der Waals surface area contributed by atoms with Gasteiger partial charge in [0.15, 0.2) is 0 Å². The second-order valence-corrected chi connectivity index (χ2v) is 12.8. The second kappa shape index (κ2) is 9.75. The number of hydrogen-bond acceptors (Lipinski definition) is 7. The number of benzene rings is 2. The van der Waals surface area contributed by atoms with Crippen molar-refractivity contribution in [3.05, 3.63) is 85.8 Å². The van der Waals surface area contributed by atoms with Gasteiger partial charge in [-0.2, -0.15) is 0 Å². The van der Waals surface area contributed by atoms with Gasteiger partial charge in [0.2, 0.25) is 0 Å². The third-order valence-electron chi connectivity index (χ3n) is 6.16. The van der Waals surface area contributed by atoms with E-state index in [9.17, 15) is 18.0 Å². The van der Waals surface area contributed by atoms with Gasteiger partial charge in [-0.25, -0.2) is 18.2 Å². The van der Waals surface area contributed by atoms with Gasteiger partial charge in [-0.15, -0.1) is 11.3 Å². The number of carbonyl (C=O) groups is 1. The van der Waals surface area contributed by atoms with Crippen molar-refractivity contribution in [2.45, 2.75) is 58.5 Å². The van der Waals surface area contributed by atoms with Crippen LogP contribution in [0.5, 0.6) is 0 Å². The molecule has 0 aliphatic carbocycles. The summed E-state index contributed by atoms with van der Waals surface area (Å²) in [7, 11) is -4.00. The number of nitrogens with one attached hydrogen (secondary N) is 2. The smallest absolute Gasteiger partial charge is 0.340 e. The summed E-state index contributed by atoms with van der Waals surface area (Å²) in [4.78, 5) is 34.2. The molecule has 0 radical (unpaired) electrons. The quantitative estimate of drug-likeness (QED) is 0.318. The van der Waals surface area contributed by atoms with E-state index < -0.39 is 16.0 Å². The summed E-state index contributed by atoms with van der Waals surface area (Å²) in [5.74, 6) is -0.542. The molecule has 0 amide bonds. The number of esters is 1. The molecule has 2 aromatic carbocycles. The molecule has 0 bridgehead atoms. The van der Waals surface area contributed by atoms with E-state index in [2.05, 4.69) is 14.7 Å². The maximum atomic E-state index is 13.3. The summed E-state index contributed by atoms with van der Waals surface area (Å²) < 4.78 is 34.6. The van der Waals surface area contributed by atoms with E-state index in [0.29, 0.717) is 15.8 Å². The fraction of sp³-hybridized carbons (Fsp3) is 0.296.